The number of hydrogen-bond acceptors (Lipinski definition) is 3. The van der Waals surface area contributed by atoms with Gasteiger partial charge in [0.05, 0.1) is 11.6 Å². The average Bonchev–Trinajstić information content (AvgIpc) is 2.90. The predicted octanol–water partition coefficient (Wildman–Crippen LogP) is 2.64. The molecule has 0 N–H and O–H groups in total. The van der Waals surface area contributed by atoms with Crippen LogP contribution in [-0.4, -0.2) is 28.4 Å². The summed E-state index contributed by atoms with van der Waals surface area (Å²) in [5.74, 6) is -0.132. The molecule has 1 aliphatic carbocycles. The van der Waals surface area contributed by atoms with Crippen molar-refractivity contribution in [1.29, 1.82) is 5.26 Å². The zero-order chi connectivity index (χ0) is 13.0. The van der Waals surface area contributed by atoms with Gasteiger partial charge >= 0.3 is 0 Å². The first-order valence-electron chi connectivity index (χ1n) is 6.02. The van der Waals surface area contributed by atoms with E-state index < -0.39 is 0 Å². The number of amides is 1. The summed E-state index contributed by atoms with van der Waals surface area (Å²) in [5, 5.41) is 9.22. The van der Waals surface area contributed by atoms with Gasteiger partial charge in [-0.1, -0.05) is 24.4 Å². The Morgan fingerprint density at radius 2 is 2.22 bits per heavy atom. The lowest BCUT2D eigenvalue weighted by atomic mass is 10.1. The topological polar surface area (TPSA) is 57.0 Å². The molecule has 18 heavy (non-hydrogen) atoms. The van der Waals surface area contributed by atoms with Crippen LogP contribution in [0.25, 0.3) is 0 Å². The number of aromatic nitrogens is 1. The number of carbonyl (C=O) groups excluding carboxylic acids is 1. The van der Waals surface area contributed by atoms with Crippen molar-refractivity contribution in [2.75, 3.05) is 6.54 Å². The Morgan fingerprint density at radius 3 is 2.78 bits per heavy atom. The van der Waals surface area contributed by atoms with E-state index in [4.69, 9.17) is 16.9 Å². The number of carbonyl (C=O) groups is 1. The fourth-order valence-corrected chi connectivity index (χ4v) is 2.44. The molecular weight excluding hydrogens is 250 g/mol. The van der Waals surface area contributed by atoms with Crippen LogP contribution in [0.15, 0.2) is 18.3 Å². The second kappa shape index (κ2) is 5.83. The molecule has 1 aliphatic rings. The smallest absolute Gasteiger partial charge is 0.256 e. The van der Waals surface area contributed by atoms with Gasteiger partial charge in [0.25, 0.3) is 5.91 Å². The highest BCUT2D eigenvalue weighted by atomic mass is 35.5. The zero-order valence-corrected chi connectivity index (χ0v) is 10.7. The molecule has 1 amide bonds. The van der Waals surface area contributed by atoms with Gasteiger partial charge in [-0.15, -0.1) is 0 Å². The predicted molar refractivity (Wildman–Crippen MR) is 68.2 cm³/mol. The molecule has 2 rings (SSSR count). The van der Waals surface area contributed by atoms with Crippen LogP contribution in [0.1, 0.15) is 36.0 Å². The number of halogens is 1. The van der Waals surface area contributed by atoms with Crippen LogP contribution in [0, 0.1) is 11.3 Å². The van der Waals surface area contributed by atoms with E-state index in [1.54, 1.807) is 17.0 Å². The van der Waals surface area contributed by atoms with Crippen molar-refractivity contribution >= 4 is 17.5 Å². The molecule has 1 saturated carbocycles. The Labute approximate surface area is 111 Å². The van der Waals surface area contributed by atoms with Gasteiger partial charge in [0.1, 0.15) is 11.7 Å². The third-order valence-electron chi connectivity index (χ3n) is 3.24. The molecule has 94 valence electrons. The van der Waals surface area contributed by atoms with Crippen molar-refractivity contribution in [3.63, 3.8) is 0 Å². The van der Waals surface area contributed by atoms with Crippen LogP contribution in [0.2, 0.25) is 5.15 Å². The number of nitriles is 1. The lowest BCUT2D eigenvalue weighted by molar-refractivity contribution is 0.0709. The Balaban J connectivity index is 2.17. The first kappa shape index (κ1) is 12.8. The quantitative estimate of drug-likeness (QED) is 0.622. The van der Waals surface area contributed by atoms with Gasteiger partial charge in [-0.25, -0.2) is 4.98 Å². The number of rotatable bonds is 3. The van der Waals surface area contributed by atoms with Gasteiger partial charge in [-0.2, -0.15) is 5.26 Å². The molecule has 0 aliphatic heterocycles. The fourth-order valence-electron chi connectivity index (χ4n) is 2.33. The minimum atomic E-state index is -0.132. The van der Waals surface area contributed by atoms with Gasteiger partial charge in [0.2, 0.25) is 0 Å². The van der Waals surface area contributed by atoms with E-state index in [0.717, 1.165) is 25.7 Å². The standard InChI is InChI=1S/C13H14ClN3O/c14-12-6-5-10(9-16-12)13(18)17(8-7-15)11-3-1-2-4-11/h5-6,9,11H,1-4,8H2. The maximum Gasteiger partial charge on any atom is 0.256 e. The van der Waals surface area contributed by atoms with Gasteiger partial charge in [-0.05, 0) is 25.0 Å². The van der Waals surface area contributed by atoms with Gasteiger partial charge in [0, 0.05) is 12.2 Å². The van der Waals surface area contributed by atoms with Gasteiger partial charge in [-0.3, -0.25) is 4.79 Å². The lowest BCUT2D eigenvalue weighted by Gasteiger charge is -2.26. The van der Waals surface area contributed by atoms with E-state index in [0.29, 0.717) is 10.7 Å². The molecule has 1 aromatic rings. The van der Waals surface area contributed by atoms with E-state index >= 15 is 0 Å². The van der Waals surface area contributed by atoms with Gasteiger partial charge < -0.3 is 4.90 Å². The van der Waals surface area contributed by atoms with E-state index in [1.807, 2.05) is 0 Å². The van der Waals surface area contributed by atoms with Crippen LogP contribution in [0.4, 0.5) is 0 Å². The number of nitrogens with zero attached hydrogens (tertiary/aromatic N) is 3. The summed E-state index contributed by atoms with van der Waals surface area (Å²) in [6, 6.07) is 5.49. The van der Waals surface area contributed by atoms with Crippen molar-refractivity contribution in [1.82, 2.24) is 9.88 Å². The second-order valence-corrected chi connectivity index (χ2v) is 4.79. The molecule has 0 radical (unpaired) electrons. The first-order valence-corrected chi connectivity index (χ1v) is 6.39. The first-order chi connectivity index (χ1) is 8.72. The second-order valence-electron chi connectivity index (χ2n) is 4.40. The minimum Gasteiger partial charge on any atom is -0.322 e. The van der Waals surface area contributed by atoms with Crippen LogP contribution in [0.3, 0.4) is 0 Å². The van der Waals surface area contributed by atoms with Crippen LogP contribution in [-0.2, 0) is 0 Å². The molecule has 1 aromatic heterocycles. The SMILES string of the molecule is N#CCN(C(=O)c1ccc(Cl)nc1)C1CCCC1. The third-order valence-corrected chi connectivity index (χ3v) is 3.47. The maximum atomic E-state index is 12.3. The molecule has 1 heterocycles. The molecule has 0 unspecified atom stereocenters. The zero-order valence-electron chi connectivity index (χ0n) is 9.97. The summed E-state index contributed by atoms with van der Waals surface area (Å²) >= 11 is 5.70. The van der Waals surface area contributed by atoms with E-state index in [1.165, 1.54) is 6.20 Å². The number of hydrogen-bond donors (Lipinski definition) is 0. The highest BCUT2D eigenvalue weighted by molar-refractivity contribution is 6.29. The summed E-state index contributed by atoms with van der Waals surface area (Å²) in [5.41, 5.74) is 0.488. The molecule has 1 fully saturated rings. The molecule has 4 nitrogen and oxygen atoms in total. The molecule has 0 aromatic carbocycles. The Kier molecular flexibility index (Phi) is 4.16. The summed E-state index contributed by atoms with van der Waals surface area (Å²) in [6.45, 7) is 0.131. The molecule has 0 bridgehead atoms. The summed E-state index contributed by atoms with van der Waals surface area (Å²) < 4.78 is 0. The van der Waals surface area contributed by atoms with E-state index in [2.05, 4.69) is 11.1 Å². The number of pyridine rings is 1. The van der Waals surface area contributed by atoms with Crippen molar-refractivity contribution in [2.45, 2.75) is 31.7 Å². The fraction of sp³-hybridized carbons (Fsp3) is 0.462. The molecule has 0 saturated heterocycles. The molecule has 0 atom stereocenters. The highest BCUT2D eigenvalue weighted by Gasteiger charge is 2.27. The summed E-state index contributed by atoms with van der Waals surface area (Å²) in [7, 11) is 0. The van der Waals surface area contributed by atoms with Crippen molar-refractivity contribution in [3.05, 3.63) is 29.0 Å². The molecular formula is C13H14ClN3O. The van der Waals surface area contributed by atoms with Crippen LogP contribution in [0.5, 0.6) is 0 Å². The largest absolute Gasteiger partial charge is 0.322 e. The van der Waals surface area contributed by atoms with Crippen molar-refractivity contribution < 1.29 is 4.79 Å². The monoisotopic (exact) mass is 263 g/mol. The van der Waals surface area contributed by atoms with E-state index in [9.17, 15) is 4.79 Å². The molecule has 0 spiro atoms. The van der Waals surface area contributed by atoms with Crippen molar-refractivity contribution in [2.24, 2.45) is 0 Å². The summed E-state index contributed by atoms with van der Waals surface area (Å²) in [4.78, 5) is 17.9. The lowest BCUT2D eigenvalue weighted by Crippen LogP contribution is -2.39. The van der Waals surface area contributed by atoms with E-state index in [-0.39, 0.29) is 18.5 Å². The Morgan fingerprint density at radius 1 is 1.50 bits per heavy atom. The van der Waals surface area contributed by atoms with Crippen LogP contribution >= 0.6 is 11.6 Å². The van der Waals surface area contributed by atoms with Gasteiger partial charge in [0.15, 0.2) is 0 Å². The van der Waals surface area contributed by atoms with Crippen molar-refractivity contribution in [3.8, 4) is 6.07 Å². The maximum absolute atomic E-state index is 12.3. The molecule has 5 heteroatoms. The Hall–Kier alpha value is -1.60. The highest BCUT2D eigenvalue weighted by Crippen LogP contribution is 2.24. The minimum absolute atomic E-state index is 0.131. The summed E-state index contributed by atoms with van der Waals surface area (Å²) in [6.07, 6.45) is 5.67. The van der Waals surface area contributed by atoms with Crippen LogP contribution < -0.4 is 0 Å². The normalized spacial score (nSPS) is 15.3. The average molecular weight is 264 g/mol. The Bertz CT molecular complexity index is 460. The third kappa shape index (κ3) is 2.80.